The molecule has 0 aliphatic carbocycles. The zero-order valence-electron chi connectivity index (χ0n) is 11.4. The summed E-state index contributed by atoms with van der Waals surface area (Å²) in [5.74, 6) is 0.772. The van der Waals surface area contributed by atoms with Crippen LogP contribution in [0, 0.1) is 5.82 Å². The Morgan fingerprint density at radius 3 is 2.74 bits per heavy atom. The van der Waals surface area contributed by atoms with Gasteiger partial charge in [0.05, 0.1) is 19.4 Å². The van der Waals surface area contributed by atoms with Gasteiger partial charge < -0.3 is 14.5 Å². The summed E-state index contributed by atoms with van der Waals surface area (Å²) >= 11 is 0. The molecule has 4 heteroatoms. The SMILES string of the molecule is CCc1occc1C(NC)c1cccc(OC)c1F. The van der Waals surface area contributed by atoms with E-state index in [4.69, 9.17) is 9.15 Å². The monoisotopic (exact) mass is 263 g/mol. The smallest absolute Gasteiger partial charge is 0.170 e. The van der Waals surface area contributed by atoms with Crippen molar-refractivity contribution in [2.75, 3.05) is 14.2 Å². The van der Waals surface area contributed by atoms with Gasteiger partial charge in [-0.05, 0) is 19.2 Å². The van der Waals surface area contributed by atoms with Crippen LogP contribution in [0.15, 0.2) is 34.9 Å². The average molecular weight is 263 g/mol. The number of furan rings is 1. The van der Waals surface area contributed by atoms with Gasteiger partial charge in [0.2, 0.25) is 0 Å². The number of rotatable bonds is 5. The number of nitrogens with one attached hydrogen (secondary N) is 1. The number of methoxy groups -OCH3 is 1. The standard InChI is InChI=1S/C15H18FNO2/c1-4-12-10(8-9-19-12)15(17-2)11-6-5-7-13(18-3)14(11)16/h5-9,15,17H,4H2,1-3H3. The molecule has 19 heavy (non-hydrogen) atoms. The van der Waals surface area contributed by atoms with E-state index in [1.807, 2.05) is 13.0 Å². The predicted octanol–water partition coefficient (Wildman–Crippen LogP) is 3.30. The molecule has 0 spiro atoms. The number of benzene rings is 1. The molecule has 0 saturated carbocycles. The third kappa shape index (κ3) is 2.49. The summed E-state index contributed by atoms with van der Waals surface area (Å²) < 4.78 is 24.8. The maximum Gasteiger partial charge on any atom is 0.170 e. The van der Waals surface area contributed by atoms with E-state index in [1.54, 1.807) is 31.5 Å². The molecule has 3 nitrogen and oxygen atoms in total. The molecule has 1 unspecified atom stereocenters. The van der Waals surface area contributed by atoms with Crippen LogP contribution in [0.1, 0.15) is 29.9 Å². The molecule has 1 aromatic carbocycles. The predicted molar refractivity (Wildman–Crippen MR) is 71.9 cm³/mol. The Bertz CT molecular complexity index is 551. The van der Waals surface area contributed by atoms with Gasteiger partial charge in [-0.2, -0.15) is 0 Å². The zero-order chi connectivity index (χ0) is 13.8. The van der Waals surface area contributed by atoms with Gasteiger partial charge >= 0.3 is 0 Å². The van der Waals surface area contributed by atoms with Gasteiger partial charge in [0.1, 0.15) is 5.76 Å². The molecule has 1 N–H and O–H groups in total. The second-order valence-corrected chi connectivity index (χ2v) is 4.24. The summed E-state index contributed by atoms with van der Waals surface area (Å²) in [4.78, 5) is 0. The minimum atomic E-state index is -0.340. The highest BCUT2D eigenvalue weighted by Gasteiger charge is 2.22. The third-order valence-electron chi connectivity index (χ3n) is 3.22. The first kappa shape index (κ1) is 13.6. The second kappa shape index (κ2) is 5.89. The van der Waals surface area contributed by atoms with Gasteiger partial charge in [-0.3, -0.25) is 0 Å². The summed E-state index contributed by atoms with van der Waals surface area (Å²) in [7, 11) is 3.27. The summed E-state index contributed by atoms with van der Waals surface area (Å²) in [6.45, 7) is 2.01. The van der Waals surface area contributed by atoms with Crippen LogP contribution in [0.4, 0.5) is 4.39 Å². The maximum absolute atomic E-state index is 14.3. The van der Waals surface area contributed by atoms with Crippen molar-refractivity contribution in [3.63, 3.8) is 0 Å². The van der Waals surface area contributed by atoms with Crippen molar-refractivity contribution in [2.24, 2.45) is 0 Å². The molecular weight excluding hydrogens is 245 g/mol. The van der Waals surface area contributed by atoms with Gasteiger partial charge in [-0.15, -0.1) is 0 Å². The first-order valence-electron chi connectivity index (χ1n) is 6.28. The lowest BCUT2D eigenvalue weighted by Crippen LogP contribution is -2.19. The molecule has 2 aromatic rings. The molecule has 2 rings (SSSR count). The second-order valence-electron chi connectivity index (χ2n) is 4.24. The summed E-state index contributed by atoms with van der Waals surface area (Å²) in [6.07, 6.45) is 2.41. The van der Waals surface area contributed by atoms with Crippen LogP contribution in [-0.2, 0) is 6.42 Å². The molecule has 0 aliphatic rings. The summed E-state index contributed by atoms with van der Waals surface area (Å²) in [5.41, 5.74) is 1.51. The minimum Gasteiger partial charge on any atom is -0.494 e. The maximum atomic E-state index is 14.3. The van der Waals surface area contributed by atoms with Crippen LogP contribution in [-0.4, -0.2) is 14.2 Å². The molecule has 1 heterocycles. The van der Waals surface area contributed by atoms with Gasteiger partial charge in [-0.25, -0.2) is 4.39 Å². The lowest BCUT2D eigenvalue weighted by atomic mass is 9.97. The zero-order valence-corrected chi connectivity index (χ0v) is 11.4. The van der Waals surface area contributed by atoms with E-state index in [1.165, 1.54) is 7.11 Å². The van der Waals surface area contributed by atoms with E-state index in [9.17, 15) is 4.39 Å². The van der Waals surface area contributed by atoms with E-state index in [-0.39, 0.29) is 17.6 Å². The number of hydrogen-bond donors (Lipinski definition) is 1. The van der Waals surface area contributed by atoms with Crippen LogP contribution in [0.3, 0.4) is 0 Å². The van der Waals surface area contributed by atoms with Crippen molar-refractivity contribution >= 4 is 0 Å². The largest absolute Gasteiger partial charge is 0.494 e. The lowest BCUT2D eigenvalue weighted by molar-refractivity contribution is 0.382. The molecule has 0 saturated heterocycles. The summed E-state index contributed by atoms with van der Waals surface area (Å²) in [5, 5.41) is 3.13. The van der Waals surface area contributed by atoms with Crippen molar-refractivity contribution in [1.82, 2.24) is 5.32 Å². The Morgan fingerprint density at radius 1 is 1.32 bits per heavy atom. The van der Waals surface area contributed by atoms with Gasteiger partial charge in [-0.1, -0.05) is 19.1 Å². The Labute approximate surface area is 112 Å². The Morgan fingerprint density at radius 2 is 2.11 bits per heavy atom. The Hall–Kier alpha value is -1.81. The van der Waals surface area contributed by atoms with Crippen molar-refractivity contribution in [3.05, 3.63) is 53.2 Å². The van der Waals surface area contributed by atoms with Crippen LogP contribution in [0.5, 0.6) is 5.75 Å². The van der Waals surface area contributed by atoms with E-state index in [2.05, 4.69) is 5.32 Å². The quantitative estimate of drug-likeness (QED) is 0.898. The average Bonchev–Trinajstić information content (AvgIpc) is 2.90. The fourth-order valence-electron chi connectivity index (χ4n) is 2.28. The van der Waals surface area contributed by atoms with Gasteiger partial charge in [0.15, 0.2) is 11.6 Å². The molecule has 102 valence electrons. The molecule has 0 aliphatic heterocycles. The van der Waals surface area contributed by atoms with Crippen molar-refractivity contribution in [1.29, 1.82) is 0 Å². The fraction of sp³-hybridized carbons (Fsp3) is 0.333. The topological polar surface area (TPSA) is 34.4 Å². The summed E-state index contributed by atoms with van der Waals surface area (Å²) in [6, 6.07) is 6.78. The van der Waals surface area contributed by atoms with E-state index in [0.717, 1.165) is 17.7 Å². The van der Waals surface area contributed by atoms with Crippen LogP contribution in [0.25, 0.3) is 0 Å². The van der Waals surface area contributed by atoms with Crippen molar-refractivity contribution < 1.29 is 13.5 Å². The van der Waals surface area contributed by atoms with Crippen molar-refractivity contribution in [2.45, 2.75) is 19.4 Å². The van der Waals surface area contributed by atoms with Crippen molar-refractivity contribution in [3.8, 4) is 5.75 Å². The highest BCUT2D eigenvalue weighted by molar-refractivity contribution is 5.39. The fourth-order valence-corrected chi connectivity index (χ4v) is 2.28. The highest BCUT2D eigenvalue weighted by atomic mass is 19.1. The molecule has 0 radical (unpaired) electrons. The molecule has 0 amide bonds. The van der Waals surface area contributed by atoms with E-state index < -0.39 is 0 Å². The minimum absolute atomic E-state index is 0.246. The number of halogens is 1. The molecule has 0 bridgehead atoms. The normalized spacial score (nSPS) is 12.4. The molecule has 0 fully saturated rings. The van der Waals surface area contributed by atoms with Crippen LogP contribution >= 0.6 is 0 Å². The molecule has 1 aromatic heterocycles. The first-order valence-corrected chi connectivity index (χ1v) is 6.28. The first-order chi connectivity index (χ1) is 9.22. The number of ether oxygens (including phenoxy) is 1. The molecule has 1 atom stereocenters. The van der Waals surface area contributed by atoms with E-state index in [0.29, 0.717) is 5.56 Å². The number of aryl methyl sites for hydroxylation is 1. The number of hydrogen-bond acceptors (Lipinski definition) is 3. The lowest BCUT2D eigenvalue weighted by Gasteiger charge is -2.18. The van der Waals surface area contributed by atoms with E-state index >= 15 is 0 Å². The van der Waals surface area contributed by atoms with Gasteiger partial charge in [0.25, 0.3) is 0 Å². The molecular formula is C15H18FNO2. The Kier molecular flexibility index (Phi) is 4.22. The highest BCUT2D eigenvalue weighted by Crippen LogP contribution is 2.31. The van der Waals surface area contributed by atoms with Crippen LogP contribution in [0.2, 0.25) is 0 Å². The van der Waals surface area contributed by atoms with Gasteiger partial charge in [0, 0.05) is 17.5 Å². The Balaban J connectivity index is 2.48. The third-order valence-corrected chi connectivity index (χ3v) is 3.22. The van der Waals surface area contributed by atoms with Crippen LogP contribution < -0.4 is 10.1 Å².